The molecule has 1 aliphatic rings. The third kappa shape index (κ3) is 2.49. The summed E-state index contributed by atoms with van der Waals surface area (Å²) in [5, 5.41) is 3.62. The van der Waals surface area contributed by atoms with Gasteiger partial charge in [-0.15, -0.1) is 0 Å². The molecule has 98 valence electrons. The Labute approximate surface area is 114 Å². The highest BCUT2D eigenvalue weighted by Crippen LogP contribution is 2.40. The highest BCUT2D eigenvalue weighted by Gasteiger charge is 2.27. The number of fused-ring (bicyclic) bond motifs is 1. The van der Waals surface area contributed by atoms with Crippen LogP contribution in [-0.2, 0) is 4.74 Å². The molecule has 2 atom stereocenters. The third-order valence-corrected chi connectivity index (χ3v) is 3.66. The second-order valence-corrected chi connectivity index (χ2v) is 4.87. The van der Waals surface area contributed by atoms with Crippen molar-refractivity contribution in [2.45, 2.75) is 25.5 Å². The standard InChI is InChI=1S/C17H19NO/c1-2-19-17-12-16(13-8-4-3-5-9-13)18-15-11-7-6-10-14(15)17/h3-11,16-18H,2,12H2,1H3. The predicted molar refractivity (Wildman–Crippen MR) is 78.2 cm³/mol. The van der Waals surface area contributed by atoms with E-state index in [-0.39, 0.29) is 6.10 Å². The summed E-state index contributed by atoms with van der Waals surface area (Å²) in [7, 11) is 0. The Morgan fingerprint density at radius 2 is 1.79 bits per heavy atom. The molecule has 2 aromatic carbocycles. The van der Waals surface area contributed by atoms with Gasteiger partial charge in [0.25, 0.3) is 0 Å². The molecule has 0 spiro atoms. The first kappa shape index (κ1) is 12.2. The summed E-state index contributed by atoms with van der Waals surface area (Å²) >= 11 is 0. The van der Waals surface area contributed by atoms with Crippen molar-refractivity contribution in [2.24, 2.45) is 0 Å². The van der Waals surface area contributed by atoms with Crippen LogP contribution in [0.3, 0.4) is 0 Å². The molecular formula is C17H19NO. The maximum atomic E-state index is 5.92. The Hall–Kier alpha value is -1.80. The summed E-state index contributed by atoms with van der Waals surface area (Å²) in [6.07, 6.45) is 1.17. The molecule has 1 aliphatic heterocycles. The molecule has 0 saturated heterocycles. The quantitative estimate of drug-likeness (QED) is 0.879. The Balaban J connectivity index is 1.92. The second kappa shape index (κ2) is 5.45. The van der Waals surface area contributed by atoms with Gasteiger partial charge in [0.05, 0.1) is 12.1 Å². The van der Waals surface area contributed by atoms with E-state index in [9.17, 15) is 0 Å². The smallest absolute Gasteiger partial charge is 0.0867 e. The maximum absolute atomic E-state index is 5.92. The molecule has 1 heterocycles. The van der Waals surface area contributed by atoms with Gasteiger partial charge >= 0.3 is 0 Å². The number of hydrogen-bond donors (Lipinski definition) is 1. The van der Waals surface area contributed by atoms with Crippen molar-refractivity contribution in [2.75, 3.05) is 11.9 Å². The number of anilines is 1. The van der Waals surface area contributed by atoms with Crippen LogP contribution in [0, 0.1) is 0 Å². The fourth-order valence-electron chi connectivity index (χ4n) is 2.76. The van der Waals surface area contributed by atoms with Gasteiger partial charge in [0.15, 0.2) is 0 Å². The summed E-state index contributed by atoms with van der Waals surface area (Å²) in [5.41, 5.74) is 3.79. The largest absolute Gasteiger partial charge is 0.378 e. The van der Waals surface area contributed by atoms with Gasteiger partial charge in [-0.3, -0.25) is 0 Å². The summed E-state index contributed by atoms with van der Waals surface area (Å²) < 4.78 is 5.92. The van der Waals surface area contributed by atoms with Crippen molar-refractivity contribution < 1.29 is 4.74 Å². The van der Waals surface area contributed by atoms with Crippen molar-refractivity contribution >= 4 is 5.69 Å². The van der Waals surface area contributed by atoms with Crippen molar-refractivity contribution in [3.8, 4) is 0 Å². The molecule has 0 aliphatic carbocycles. The average Bonchev–Trinajstić information content (AvgIpc) is 2.48. The Morgan fingerprint density at radius 3 is 2.58 bits per heavy atom. The summed E-state index contributed by atoms with van der Waals surface area (Å²) in [4.78, 5) is 0. The molecule has 0 aromatic heterocycles. The first-order chi connectivity index (χ1) is 9.38. The second-order valence-electron chi connectivity index (χ2n) is 4.87. The number of para-hydroxylation sites is 1. The average molecular weight is 253 g/mol. The van der Waals surface area contributed by atoms with Crippen LogP contribution < -0.4 is 5.32 Å². The number of rotatable bonds is 3. The number of hydrogen-bond acceptors (Lipinski definition) is 2. The molecular weight excluding hydrogens is 234 g/mol. The van der Waals surface area contributed by atoms with E-state index in [2.05, 4.69) is 66.8 Å². The SMILES string of the molecule is CCOC1CC(c2ccccc2)Nc2ccccc21. The lowest BCUT2D eigenvalue weighted by Crippen LogP contribution is -2.23. The summed E-state index contributed by atoms with van der Waals surface area (Å²) in [6, 6.07) is 19.4. The summed E-state index contributed by atoms with van der Waals surface area (Å²) in [5.74, 6) is 0. The van der Waals surface area contributed by atoms with E-state index in [4.69, 9.17) is 4.74 Å². The zero-order valence-electron chi connectivity index (χ0n) is 11.2. The number of ether oxygens (including phenoxy) is 1. The molecule has 0 fully saturated rings. The lowest BCUT2D eigenvalue weighted by molar-refractivity contribution is 0.0499. The predicted octanol–water partition coefficient (Wildman–Crippen LogP) is 4.32. The first-order valence-electron chi connectivity index (χ1n) is 6.90. The van der Waals surface area contributed by atoms with Crippen molar-refractivity contribution in [3.63, 3.8) is 0 Å². The number of nitrogens with one attached hydrogen (secondary N) is 1. The van der Waals surface area contributed by atoms with Crippen LogP contribution in [0.1, 0.15) is 36.6 Å². The minimum Gasteiger partial charge on any atom is -0.378 e. The van der Waals surface area contributed by atoms with Gasteiger partial charge in [-0.1, -0.05) is 48.5 Å². The fourth-order valence-corrected chi connectivity index (χ4v) is 2.76. The van der Waals surface area contributed by atoms with E-state index in [1.807, 2.05) is 0 Å². The van der Waals surface area contributed by atoms with Gasteiger partial charge in [0.1, 0.15) is 0 Å². The molecule has 0 saturated carbocycles. The molecule has 1 N–H and O–H groups in total. The van der Waals surface area contributed by atoms with Crippen LogP contribution in [0.2, 0.25) is 0 Å². The van der Waals surface area contributed by atoms with E-state index in [1.165, 1.54) is 16.8 Å². The van der Waals surface area contributed by atoms with E-state index in [1.54, 1.807) is 0 Å². The van der Waals surface area contributed by atoms with E-state index < -0.39 is 0 Å². The van der Waals surface area contributed by atoms with Crippen molar-refractivity contribution in [3.05, 3.63) is 65.7 Å². The molecule has 19 heavy (non-hydrogen) atoms. The van der Waals surface area contributed by atoms with Gasteiger partial charge in [-0.2, -0.15) is 0 Å². The Morgan fingerprint density at radius 1 is 1.05 bits per heavy atom. The normalized spacial score (nSPS) is 21.5. The van der Waals surface area contributed by atoms with E-state index >= 15 is 0 Å². The van der Waals surface area contributed by atoms with Gasteiger partial charge in [0.2, 0.25) is 0 Å². The number of benzene rings is 2. The van der Waals surface area contributed by atoms with Crippen LogP contribution in [0.25, 0.3) is 0 Å². The Kier molecular flexibility index (Phi) is 3.51. The van der Waals surface area contributed by atoms with Crippen LogP contribution in [-0.4, -0.2) is 6.61 Å². The first-order valence-corrected chi connectivity index (χ1v) is 6.90. The molecule has 2 unspecified atom stereocenters. The monoisotopic (exact) mass is 253 g/mol. The van der Waals surface area contributed by atoms with Crippen LogP contribution in [0.4, 0.5) is 5.69 Å². The molecule has 0 amide bonds. The third-order valence-electron chi connectivity index (χ3n) is 3.66. The van der Waals surface area contributed by atoms with Crippen molar-refractivity contribution in [1.29, 1.82) is 0 Å². The zero-order chi connectivity index (χ0) is 13.1. The lowest BCUT2D eigenvalue weighted by Gasteiger charge is -2.33. The topological polar surface area (TPSA) is 21.3 Å². The van der Waals surface area contributed by atoms with E-state index in [0.29, 0.717) is 6.04 Å². The van der Waals surface area contributed by atoms with Gasteiger partial charge in [-0.05, 0) is 18.6 Å². The van der Waals surface area contributed by atoms with Crippen molar-refractivity contribution in [1.82, 2.24) is 0 Å². The minimum absolute atomic E-state index is 0.188. The lowest BCUT2D eigenvalue weighted by atomic mass is 9.91. The van der Waals surface area contributed by atoms with Gasteiger partial charge in [0, 0.05) is 24.3 Å². The molecule has 3 rings (SSSR count). The summed E-state index contributed by atoms with van der Waals surface area (Å²) in [6.45, 7) is 2.81. The molecule has 2 nitrogen and oxygen atoms in total. The fraction of sp³-hybridized carbons (Fsp3) is 0.294. The zero-order valence-corrected chi connectivity index (χ0v) is 11.2. The molecule has 0 radical (unpaired) electrons. The Bertz CT molecular complexity index is 538. The maximum Gasteiger partial charge on any atom is 0.0867 e. The van der Waals surface area contributed by atoms with Gasteiger partial charge in [-0.25, -0.2) is 0 Å². The highest BCUT2D eigenvalue weighted by molar-refractivity contribution is 5.56. The van der Waals surface area contributed by atoms with Crippen LogP contribution in [0.15, 0.2) is 54.6 Å². The molecule has 0 bridgehead atoms. The molecule has 2 heteroatoms. The molecule has 2 aromatic rings. The van der Waals surface area contributed by atoms with Crippen LogP contribution >= 0.6 is 0 Å². The van der Waals surface area contributed by atoms with Gasteiger partial charge < -0.3 is 10.1 Å². The minimum atomic E-state index is 0.188. The highest BCUT2D eigenvalue weighted by atomic mass is 16.5. The van der Waals surface area contributed by atoms with E-state index in [0.717, 1.165) is 13.0 Å². The van der Waals surface area contributed by atoms with Crippen LogP contribution in [0.5, 0.6) is 0 Å².